The molecule has 1 aromatic rings. The molecule has 1 aromatic heterocycles. The van der Waals surface area contributed by atoms with Crippen molar-refractivity contribution in [2.45, 2.75) is 32.7 Å². The van der Waals surface area contributed by atoms with E-state index in [9.17, 15) is 9.90 Å². The number of fused-ring (bicyclic) bond motifs is 1. The molecule has 5 nitrogen and oxygen atoms in total. The number of pyridine rings is 1. The number of carboxylic acid groups (broad SMARTS) is 1. The van der Waals surface area contributed by atoms with E-state index in [4.69, 9.17) is 0 Å². The Morgan fingerprint density at radius 2 is 2.15 bits per heavy atom. The van der Waals surface area contributed by atoms with Gasteiger partial charge in [0.25, 0.3) is 0 Å². The smallest absolute Gasteiger partial charge is 0.339 e. The number of carboxylic acids is 1. The summed E-state index contributed by atoms with van der Waals surface area (Å²) in [5, 5.41) is 9.48. The van der Waals surface area contributed by atoms with Gasteiger partial charge in [-0.2, -0.15) is 0 Å². The van der Waals surface area contributed by atoms with Crippen LogP contribution in [0.4, 0.5) is 5.82 Å². The van der Waals surface area contributed by atoms with E-state index in [0.29, 0.717) is 17.4 Å². The van der Waals surface area contributed by atoms with Crippen molar-refractivity contribution in [1.82, 2.24) is 9.88 Å². The summed E-state index contributed by atoms with van der Waals surface area (Å²) in [5.74, 6) is -0.222. The normalized spacial score (nSPS) is 22.9. The zero-order chi connectivity index (χ0) is 14.3. The van der Waals surface area contributed by atoms with E-state index in [1.807, 2.05) is 19.9 Å². The number of anilines is 1. The van der Waals surface area contributed by atoms with E-state index in [2.05, 4.69) is 14.8 Å². The molecule has 0 amide bonds. The molecule has 0 radical (unpaired) electrons. The van der Waals surface area contributed by atoms with E-state index in [-0.39, 0.29) is 0 Å². The fourth-order valence-corrected chi connectivity index (χ4v) is 3.49. The maximum atomic E-state index is 11.5. The topological polar surface area (TPSA) is 56.7 Å². The van der Waals surface area contributed by atoms with Gasteiger partial charge in [-0.3, -0.25) is 4.90 Å². The number of rotatable bonds is 2. The minimum atomic E-state index is -0.876. The molecular formula is C15H21N3O2. The molecule has 0 aliphatic carbocycles. The summed E-state index contributed by atoms with van der Waals surface area (Å²) >= 11 is 0. The first-order valence-corrected chi connectivity index (χ1v) is 7.27. The van der Waals surface area contributed by atoms with Crippen LogP contribution in [0.5, 0.6) is 0 Å². The quantitative estimate of drug-likeness (QED) is 0.890. The zero-order valence-electron chi connectivity index (χ0n) is 12.1. The van der Waals surface area contributed by atoms with Crippen molar-refractivity contribution in [3.8, 4) is 0 Å². The van der Waals surface area contributed by atoms with E-state index in [1.54, 1.807) is 0 Å². The number of carbonyl (C=O) groups is 1. The van der Waals surface area contributed by atoms with Gasteiger partial charge >= 0.3 is 5.97 Å². The van der Waals surface area contributed by atoms with Crippen molar-refractivity contribution in [1.29, 1.82) is 0 Å². The first-order valence-electron chi connectivity index (χ1n) is 7.27. The molecule has 2 aliphatic rings. The van der Waals surface area contributed by atoms with Crippen LogP contribution in [-0.2, 0) is 0 Å². The fraction of sp³-hybridized carbons (Fsp3) is 0.600. The molecule has 2 saturated heterocycles. The van der Waals surface area contributed by atoms with Crippen LogP contribution in [0.25, 0.3) is 0 Å². The van der Waals surface area contributed by atoms with Crippen LogP contribution >= 0.6 is 0 Å². The van der Waals surface area contributed by atoms with Crippen molar-refractivity contribution in [3.63, 3.8) is 0 Å². The molecule has 5 heteroatoms. The van der Waals surface area contributed by atoms with Crippen LogP contribution < -0.4 is 4.90 Å². The summed E-state index contributed by atoms with van der Waals surface area (Å²) in [5.41, 5.74) is 2.05. The molecule has 0 spiro atoms. The molecule has 2 aliphatic heterocycles. The third kappa shape index (κ3) is 2.26. The predicted molar refractivity (Wildman–Crippen MR) is 77.5 cm³/mol. The van der Waals surface area contributed by atoms with Crippen LogP contribution in [0.15, 0.2) is 6.07 Å². The largest absolute Gasteiger partial charge is 0.478 e. The van der Waals surface area contributed by atoms with E-state index in [1.165, 1.54) is 19.4 Å². The van der Waals surface area contributed by atoms with Crippen LogP contribution in [0, 0.1) is 13.8 Å². The van der Waals surface area contributed by atoms with Crippen molar-refractivity contribution in [2.24, 2.45) is 0 Å². The third-order valence-electron chi connectivity index (χ3n) is 4.43. The number of piperazine rings is 1. The number of nitrogens with zero attached hydrogens (tertiary/aromatic N) is 3. The molecule has 3 heterocycles. The lowest BCUT2D eigenvalue weighted by Gasteiger charge is -2.38. The van der Waals surface area contributed by atoms with Gasteiger partial charge in [-0.05, 0) is 44.9 Å². The molecular weight excluding hydrogens is 254 g/mol. The minimum absolute atomic E-state index is 0.363. The van der Waals surface area contributed by atoms with Crippen molar-refractivity contribution in [2.75, 3.05) is 31.1 Å². The molecule has 1 unspecified atom stereocenters. The second-order valence-corrected chi connectivity index (χ2v) is 5.86. The van der Waals surface area contributed by atoms with Crippen LogP contribution in [-0.4, -0.2) is 53.2 Å². The molecule has 108 valence electrons. The Labute approximate surface area is 119 Å². The van der Waals surface area contributed by atoms with Gasteiger partial charge in [0.1, 0.15) is 11.4 Å². The maximum Gasteiger partial charge on any atom is 0.339 e. The number of aryl methyl sites for hydroxylation is 2. The Hall–Kier alpha value is -1.62. The highest BCUT2D eigenvalue weighted by Gasteiger charge is 2.32. The second-order valence-electron chi connectivity index (χ2n) is 5.86. The summed E-state index contributed by atoms with van der Waals surface area (Å²) in [6, 6.07) is 2.41. The fourth-order valence-electron chi connectivity index (χ4n) is 3.49. The van der Waals surface area contributed by atoms with Gasteiger partial charge in [0.2, 0.25) is 0 Å². The molecule has 2 fully saturated rings. The van der Waals surface area contributed by atoms with Gasteiger partial charge in [0, 0.05) is 31.4 Å². The monoisotopic (exact) mass is 275 g/mol. The highest BCUT2D eigenvalue weighted by Crippen LogP contribution is 2.28. The van der Waals surface area contributed by atoms with E-state index in [0.717, 1.165) is 30.9 Å². The van der Waals surface area contributed by atoms with Crippen molar-refractivity contribution < 1.29 is 9.90 Å². The second kappa shape index (κ2) is 5.05. The lowest BCUT2D eigenvalue weighted by atomic mass is 10.1. The van der Waals surface area contributed by atoms with Gasteiger partial charge in [-0.15, -0.1) is 0 Å². The average molecular weight is 275 g/mol. The number of aromatic carboxylic acids is 1. The molecule has 20 heavy (non-hydrogen) atoms. The maximum absolute atomic E-state index is 11.5. The van der Waals surface area contributed by atoms with Gasteiger partial charge in [-0.1, -0.05) is 0 Å². The van der Waals surface area contributed by atoms with Crippen LogP contribution in [0.1, 0.15) is 34.5 Å². The Balaban J connectivity index is 1.95. The lowest BCUT2D eigenvalue weighted by Crippen LogP contribution is -2.50. The summed E-state index contributed by atoms with van der Waals surface area (Å²) in [6.45, 7) is 7.74. The molecule has 0 saturated carbocycles. The Morgan fingerprint density at radius 3 is 2.90 bits per heavy atom. The molecule has 1 N–H and O–H groups in total. The SMILES string of the molecule is Cc1cc(C)c(C(=O)O)c(N2CCN3CCCC3C2)n1. The molecule has 3 rings (SSSR count). The van der Waals surface area contributed by atoms with Gasteiger partial charge < -0.3 is 10.0 Å². The standard InChI is InChI=1S/C15H21N3O2/c1-10-8-11(2)16-14(13(10)15(19)20)18-7-6-17-5-3-4-12(17)9-18/h8,12H,3-7,9H2,1-2H3,(H,19,20). The molecule has 0 bridgehead atoms. The highest BCUT2D eigenvalue weighted by molar-refractivity contribution is 5.95. The first kappa shape index (κ1) is 13.4. The van der Waals surface area contributed by atoms with Gasteiger partial charge in [0.05, 0.1) is 0 Å². The Bertz CT molecular complexity index is 544. The first-order chi connectivity index (χ1) is 9.56. The number of hydrogen-bond acceptors (Lipinski definition) is 4. The molecule has 0 aromatic carbocycles. The predicted octanol–water partition coefficient (Wildman–Crippen LogP) is 1.68. The summed E-state index contributed by atoms with van der Waals surface area (Å²) < 4.78 is 0. The highest BCUT2D eigenvalue weighted by atomic mass is 16.4. The Morgan fingerprint density at radius 1 is 1.35 bits per heavy atom. The minimum Gasteiger partial charge on any atom is -0.478 e. The van der Waals surface area contributed by atoms with Crippen LogP contribution in [0.3, 0.4) is 0 Å². The zero-order valence-corrected chi connectivity index (χ0v) is 12.1. The van der Waals surface area contributed by atoms with E-state index < -0.39 is 5.97 Å². The molecule has 1 atom stereocenters. The summed E-state index contributed by atoms with van der Waals surface area (Å²) in [7, 11) is 0. The number of aromatic nitrogens is 1. The summed E-state index contributed by atoms with van der Waals surface area (Å²) in [4.78, 5) is 20.7. The summed E-state index contributed by atoms with van der Waals surface area (Å²) in [6.07, 6.45) is 2.47. The van der Waals surface area contributed by atoms with Crippen molar-refractivity contribution in [3.05, 3.63) is 22.9 Å². The van der Waals surface area contributed by atoms with E-state index >= 15 is 0 Å². The Kier molecular flexibility index (Phi) is 3.38. The third-order valence-corrected chi connectivity index (χ3v) is 4.43. The number of hydrogen-bond donors (Lipinski definition) is 1. The van der Waals surface area contributed by atoms with Crippen LogP contribution in [0.2, 0.25) is 0 Å². The van der Waals surface area contributed by atoms with Gasteiger partial charge in [0.15, 0.2) is 0 Å². The van der Waals surface area contributed by atoms with Crippen molar-refractivity contribution >= 4 is 11.8 Å². The lowest BCUT2D eigenvalue weighted by molar-refractivity contribution is 0.0696. The average Bonchev–Trinajstić information content (AvgIpc) is 2.84. The van der Waals surface area contributed by atoms with Gasteiger partial charge in [-0.25, -0.2) is 9.78 Å².